The van der Waals surface area contributed by atoms with Gasteiger partial charge in [-0.05, 0) is 32.3 Å². The van der Waals surface area contributed by atoms with Gasteiger partial charge in [0.2, 0.25) is 5.43 Å². The SMILES string of the molecule is Cc1c(F)c(N2CCC(N)C2)cc2c1c(=O)c(C(=O)O)cn2C1CC1. The molecule has 1 aromatic heterocycles. The molecule has 2 aromatic rings. The molecule has 1 saturated carbocycles. The lowest BCUT2D eigenvalue weighted by atomic mass is 10.0. The van der Waals surface area contributed by atoms with Gasteiger partial charge in [0, 0.05) is 36.9 Å². The molecule has 1 atom stereocenters. The monoisotopic (exact) mass is 345 g/mol. The van der Waals surface area contributed by atoms with Gasteiger partial charge in [0.05, 0.1) is 16.6 Å². The first-order chi connectivity index (χ1) is 11.9. The second-order valence-electron chi connectivity index (χ2n) is 7.04. The van der Waals surface area contributed by atoms with Crippen molar-refractivity contribution in [1.82, 2.24) is 4.57 Å². The second kappa shape index (κ2) is 5.56. The number of nitrogens with two attached hydrogens (primary N) is 1. The fraction of sp³-hybridized carbons (Fsp3) is 0.444. The highest BCUT2D eigenvalue weighted by Crippen LogP contribution is 2.39. The summed E-state index contributed by atoms with van der Waals surface area (Å²) in [5.74, 6) is -1.75. The zero-order chi connectivity index (χ0) is 17.9. The number of hydrogen-bond acceptors (Lipinski definition) is 4. The number of aromatic nitrogens is 1. The summed E-state index contributed by atoms with van der Waals surface area (Å²) in [5, 5.41) is 9.50. The maximum atomic E-state index is 15.0. The van der Waals surface area contributed by atoms with Gasteiger partial charge < -0.3 is 20.3 Å². The molecule has 1 aliphatic heterocycles. The van der Waals surface area contributed by atoms with Gasteiger partial charge in [0.25, 0.3) is 0 Å². The Morgan fingerprint density at radius 1 is 1.36 bits per heavy atom. The van der Waals surface area contributed by atoms with Gasteiger partial charge in [0.15, 0.2) is 0 Å². The maximum absolute atomic E-state index is 15.0. The Hall–Kier alpha value is -2.41. The summed E-state index contributed by atoms with van der Waals surface area (Å²) < 4.78 is 16.8. The number of rotatable bonds is 3. The molecule has 1 unspecified atom stereocenters. The van der Waals surface area contributed by atoms with Crippen LogP contribution in [0.15, 0.2) is 17.1 Å². The van der Waals surface area contributed by atoms with Crippen molar-refractivity contribution in [2.24, 2.45) is 5.73 Å². The number of carboxylic acids is 1. The fourth-order valence-corrected chi connectivity index (χ4v) is 3.69. The van der Waals surface area contributed by atoms with E-state index in [9.17, 15) is 19.1 Å². The van der Waals surface area contributed by atoms with Crippen LogP contribution in [-0.2, 0) is 0 Å². The Bertz CT molecular complexity index is 949. The molecule has 25 heavy (non-hydrogen) atoms. The van der Waals surface area contributed by atoms with Crippen LogP contribution in [0.5, 0.6) is 0 Å². The highest BCUT2D eigenvalue weighted by Gasteiger charge is 2.30. The number of carbonyl (C=O) groups is 1. The Morgan fingerprint density at radius 3 is 2.64 bits per heavy atom. The number of hydrogen-bond donors (Lipinski definition) is 2. The Labute approximate surface area is 143 Å². The molecule has 132 valence electrons. The first-order valence-electron chi connectivity index (χ1n) is 8.50. The zero-order valence-electron chi connectivity index (χ0n) is 14.0. The van der Waals surface area contributed by atoms with Crippen LogP contribution in [0.2, 0.25) is 0 Å². The van der Waals surface area contributed by atoms with Crippen molar-refractivity contribution in [2.75, 3.05) is 18.0 Å². The molecule has 7 heteroatoms. The van der Waals surface area contributed by atoms with E-state index in [1.54, 1.807) is 13.0 Å². The van der Waals surface area contributed by atoms with E-state index < -0.39 is 17.2 Å². The fourth-order valence-electron chi connectivity index (χ4n) is 3.69. The topological polar surface area (TPSA) is 88.6 Å². The van der Waals surface area contributed by atoms with E-state index in [4.69, 9.17) is 5.73 Å². The van der Waals surface area contributed by atoms with E-state index in [0.717, 1.165) is 19.3 Å². The number of benzene rings is 1. The van der Waals surface area contributed by atoms with Crippen molar-refractivity contribution >= 4 is 22.6 Å². The average Bonchev–Trinajstić information content (AvgIpc) is 3.31. The van der Waals surface area contributed by atoms with Crippen molar-refractivity contribution < 1.29 is 14.3 Å². The third kappa shape index (κ3) is 2.50. The third-order valence-corrected chi connectivity index (χ3v) is 5.21. The molecule has 0 spiro atoms. The molecular formula is C18H20FN3O3. The number of aryl methyl sites for hydroxylation is 1. The highest BCUT2D eigenvalue weighted by molar-refractivity contribution is 5.95. The van der Waals surface area contributed by atoms with Gasteiger partial charge in [0.1, 0.15) is 11.4 Å². The van der Waals surface area contributed by atoms with E-state index in [2.05, 4.69) is 0 Å². The Morgan fingerprint density at radius 2 is 2.08 bits per heavy atom. The van der Waals surface area contributed by atoms with Crippen molar-refractivity contribution in [3.05, 3.63) is 39.4 Å². The molecule has 1 saturated heterocycles. The van der Waals surface area contributed by atoms with E-state index in [1.807, 2.05) is 9.47 Å². The summed E-state index contributed by atoms with van der Waals surface area (Å²) in [7, 11) is 0. The van der Waals surface area contributed by atoms with Crippen LogP contribution >= 0.6 is 0 Å². The number of carboxylic acid groups (broad SMARTS) is 1. The number of anilines is 1. The standard InChI is InChI=1S/C18H20FN3O3/c1-9-15-13(6-14(16(9)19)21-5-4-10(20)7-21)22(11-2-3-11)8-12(17(15)23)18(24)25/h6,8,10-11H,2-5,7,20H2,1H3,(H,24,25). The van der Waals surface area contributed by atoms with Gasteiger partial charge in [-0.25, -0.2) is 9.18 Å². The van der Waals surface area contributed by atoms with Gasteiger partial charge in [-0.15, -0.1) is 0 Å². The molecular weight excluding hydrogens is 325 g/mol. The van der Waals surface area contributed by atoms with Crippen molar-refractivity contribution in [3.63, 3.8) is 0 Å². The Balaban J connectivity index is 2.02. The van der Waals surface area contributed by atoms with E-state index in [-0.39, 0.29) is 28.6 Å². The molecule has 4 rings (SSSR count). The summed E-state index contributed by atoms with van der Waals surface area (Å²) in [6, 6.07) is 1.86. The van der Waals surface area contributed by atoms with Crippen molar-refractivity contribution in [2.45, 2.75) is 38.3 Å². The van der Waals surface area contributed by atoms with E-state index in [1.165, 1.54) is 6.20 Å². The van der Waals surface area contributed by atoms with Gasteiger partial charge in [-0.1, -0.05) is 0 Å². The van der Waals surface area contributed by atoms with Crippen LogP contribution in [0.4, 0.5) is 10.1 Å². The van der Waals surface area contributed by atoms with Crippen LogP contribution in [-0.4, -0.2) is 34.8 Å². The second-order valence-corrected chi connectivity index (χ2v) is 7.04. The first-order valence-corrected chi connectivity index (χ1v) is 8.50. The molecule has 3 N–H and O–H groups in total. The van der Waals surface area contributed by atoms with Gasteiger partial charge >= 0.3 is 5.97 Å². The predicted octanol–water partition coefficient (Wildman–Crippen LogP) is 2.02. The lowest BCUT2D eigenvalue weighted by molar-refractivity contribution is 0.0695. The van der Waals surface area contributed by atoms with Crippen LogP contribution in [0, 0.1) is 12.7 Å². The van der Waals surface area contributed by atoms with Gasteiger partial charge in [-0.2, -0.15) is 0 Å². The smallest absolute Gasteiger partial charge is 0.341 e. The lowest BCUT2D eigenvalue weighted by Crippen LogP contribution is -2.27. The molecule has 0 radical (unpaired) electrons. The van der Waals surface area contributed by atoms with Crippen LogP contribution in [0.3, 0.4) is 0 Å². The van der Waals surface area contributed by atoms with Gasteiger partial charge in [-0.3, -0.25) is 4.79 Å². The number of pyridine rings is 1. The Kier molecular flexibility index (Phi) is 3.57. The molecule has 2 aliphatic rings. The molecule has 2 fully saturated rings. The number of halogens is 1. The summed E-state index contributed by atoms with van der Waals surface area (Å²) >= 11 is 0. The number of nitrogens with zero attached hydrogens (tertiary/aromatic N) is 2. The maximum Gasteiger partial charge on any atom is 0.341 e. The molecule has 1 aromatic carbocycles. The van der Waals surface area contributed by atoms with Crippen LogP contribution in [0.1, 0.15) is 41.2 Å². The minimum Gasteiger partial charge on any atom is -0.477 e. The predicted molar refractivity (Wildman–Crippen MR) is 92.9 cm³/mol. The first kappa shape index (κ1) is 16.1. The number of aromatic carboxylic acids is 1. The van der Waals surface area contributed by atoms with E-state index >= 15 is 0 Å². The molecule has 1 aliphatic carbocycles. The summed E-state index contributed by atoms with van der Waals surface area (Å²) in [6.45, 7) is 2.79. The normalized spacial score (nSPS) is 20.4. The quantitative estimate of drug-likeness (QED) is 0.888. The number of fused-ring (bicyclic) bond motifs is 1. The lowest BCUT2D eigenvalue weighted by Gasteiger charge is -2.22. The van der Waals surface area contributed by atoms with E-state index in [0.29, 0.717) is 24.3 Å². The summed E-state index contributed by atoms with van der Waals surface area (Å²) in [5.41, 5.74) is 6.26. The zero-order valence-corrected chi connectivity index (χ0v) is 14.0. The van der Waals surface area contributed by atoms with Crippen LogP contribution in [0.25, 0.3) is 10.9 Å². The van der Waals surface area contributed by atoms with Crippen molar-refractivity contribution in [1.29, 1.82) is 0 Å². The molecule has 0 amide bonds. The largest absolute Gasteiger partial charge is 0.477 e. The summed E-state index contributed by atoms with van der Waals surface area (Å²) in [4.78, 5) is 26.0. The third-order valence-electron chi connectivity index (χ3n) is 5.21. The minimum absolute atomic E-state index is 0.00964. The molecule has 6 nitrogen and oxygen atoms in total. The molecule has 2 heterocycles. The average molecular weight is 345 g/mol. The molecule has 0 bridgehead atoms. The van der Waals surface area contributed by atoms with Crippen LogP contribution < -0.4 is 16.1 Å². The van der Waals surface area contributed by atoms with Crippen molar-refractivity contribution in [3.8, 4) is 0 Å². The minimum atomic E-state index is -1.28. The highest BCUT2D eigenvalue weighted by atomic mass is 19.1. The summed E-state index contributed by atoms with van der Waals surface area (Å²) in [6.07, 6.45) is 4.06.